The number of aliphatic hydroxyl groups excluding tert-OH is 1. The standard InChI is InChI=1S/C9H10N8O4/c10-15-13-4-1-7(21-6(4)3-18)17-2-5(14-16-11)8(19)12-9(17)20/h2,4,6-7,18H,1,3H2,(H,12,19,20)/t4-,6+,7+/m1/s1. The van der Waals surface area contributed by atoms with Crippen molar-refractivity contribution in [3.8, 4) is 0 Å². The number of aromatic nitrogens is 2. The Balaban J connectivity index is 2.41. The summed E-state index contributed by atoms with van der Waals surface area (Å²) in [6.07, 6.45) is -0.419. The molecule has 0 unspecified atom stereocenters. The quantitative estimate of drug-likeness (QED) is 0.464. The zero-order chi connectivity index (χ0) is 15.4. The van der Waals surface area contributed by atoms with Crippen LogP contribution < -0.4 is 11.2 Å². The maximum Gasteiger partial charge on any atom is 0.330 e. The predicted molar refractivity (Wildman–Crippen MR) is 68.7 cm³/mol. The van der Waals surface area contributed by atoms with E-state index in [2.05, 4.69) is 20.1 Å². The number of nitrogens with zero attached hydrogens (tertiary/aromatic N) is 7. The van der Waals surface area contributed by atoms with Crippen LogP contribution in [-0.4, -0.2) is 33.4 Å². The summed E-state index contributed by atoms with van der Waals surface area (Å²) in [4.78, 5) is 30.3. The molecule has 0 radical (unpaired) electrons. The number of ether oxygens (including phenoxy) is 1. The molecule has 1 aromatic heterocycles. The van der Waals surface area contributed by atoms with Crippen LogP contribution in [0, 0.1) is 0 Å². The van der Waals surface area contributed by atoms with Gasteiger partial charge in [0.25, 0.3) is 5.56 Å². The van der Waals surface area contributed by atoms with Crippen LogP contribution >= 0.6 is 0 Å². The topological polar surface area (TPSA) is 182 Å². The van der Waals surface area contributed by atoms with Gasteiger partial charge in [-0.05, 0) is 11.1 Å². The molecule has 21 heavy (non-hydrogen) atoms. The lowest BCUT2D eigenvalue weighted by Gasteiger charge is -2.14. The van der Waals surface area contributed by atoms with Crippen LogP contribution in [0.5, 0.6) is 0 Å². The molecule has 3 atom stereocenters. The Kier molecular flexibility index (Phi) is 4.26. The van der Waals surface area contributed by atoms with Gasteiger partial charge < -0.3 is 9.84 Å². The molecule has 0 spiro atoms. The highest BCUT2D eigenvalue weighted by Crippen LogP contribution is 2.30. The molecule has 1 aliphatic rings. The molecule has 0 aromatic carbocycles. The van der Waals surface area contributed by atoms with Crippen molar-refractivity contribution >= 4 is 5.69 Å². The van der Waals surface area contributed by atoms with Gasteiger partial charge in [-0.25, -0.2) is 4.79 Å². The van der Waals surface area contributed by atoms with Gasteiger partial charge in [0, 0.05) is 22.4 Å². The molecule has 1 aliphatic heterocycles. The normalized spacial score (nSPS) is 24.1. The third-order valence-corrected chi connectivity index (χ3v) is 3.00. The number of H-pyrrole nitrogens is 1. The van der Waals surface area contributed by atoms with Gasteiger partial charge in [0.2, 0.25) is 0 Å². The van der Waals surface area contributed by atoms with Crippen molar-refractivity contribution in [3.63, 3.8) is 0 Å². The lowest BCUT2D eigenvalue weighted by Crippen LogP contribution is -2.32. The summed E-state index contributed by atoms with van der Waals surface area (Å²) < 4.78 is 6.42. The van der Waals surface area contributed by atoms with Crippen LogP contribution in [0.3, 0.4) is 0 Å². The minimum Gasteiger partial charge on any atom is -0.394 e. The van der Waals surface area contributed by atoms with Gasteiger partial charge in [-0.1, -0.05) is 10.2 Å². The van der Waals surface area contributed by atoms with Gasteiger partial charge in [0.05, 0.1) is 18.8 Å². The van der Waals surface area contributed by atoms with Crippen molar-refractivity contribution < 1.29 is 9.84 Å². The van der Waals surface area contributed by atoms with Gasteiger partial charge in [0.1, 0.15) is 11.9 Å². The monoisotopic (exact) mass is 294 g/mol. The first-order valence-corrected chi connectivity index (χ1v) is 5.81. The van der Waals surface area contributed by atoms with Crippen LogP contribution in [0.2, 0.25) is 0 Å². The maximum atomic E-state index is 11.8. The molecule has 0 amide bonds. The summed E-state index contributed by atoms with van der Waals surface area (Å²) in [7, 11) is 0. The lowest BCUT2D eigenvalue weighted by molar-refractivity contribution is -0.0270. The molecular weight excluding hydrogens is 284 g/mol. The van der Waals surface area contributed by atoms with Gasteiger partial charge >= 0.3 is 5.69 Å². The summed E-state index contributed by atoms with van der Waals surface area (Å²) in [6, 6.07) is -0.647. The van der Waals surface area contributed by atoms with Gasteiger partial charge in [-0.15, -0.1) is 0 Å². The molecule has 2 rings (SSSR count). The molecule has 1 aromatic rings. The molecule has 0 aliphatic carbocycles. The lowest BCUT2D eigenvalue weighted by atomic mass is 10.1. The first kappa shape index (κ1) is 14.6. The summed E-state index contributed by atoms with van der Waals surface area (Å²) in [5.74, 6) is 0. The summed E-state index contributed by atoms with van der Waals surface area (Å²) in [5, 5.41) is 15.8. The molecule has 2 heterocycles. The van der Waals surface area contributed by atoms with Crippen LogP contribution in [0.1, 0.15) is 12.6 Å². The van der Waals surface area contributed by atoms with Crippen molar-refractivity contribution in [2.45, 2.75) is 24.8 Å². The van der Waals surface area contributed by atoms with E-state index in [1.807, 2.05) is 4.98 Å². The van der Waals surface area contributed by atoms with Gasteiger partial charge in [-0.2, -0.15) is 0 Å². The van der Waals surface area contributed by atoms with Crippen molar-refractivity contribution in [3.05, 3.63) is 47.9 Å². The fourth-order valence-electron chi connectivity index (χ4n) is 2.05. The van der Waals surface area contributed by atoms with E-state index in [1.165, 1.54) is 0 Å². The second-order valence-electron chi connectivity index (χ2n) is 4.19. The maximum absolute atomic E-state index is 11.8. The highest BCUT2D eigenvalue weighted by molar-refractivity contribution is 5.29. The van der Waals surface area contributed by atoms with Gasteiger partial charge in [0.15, 0.2) is 0 Å². The minimum atomic E-state index is -0.852. The average Bonchev–Trinajstić information content (AvgIpc) is 2.85. The number of azide groups is 2. The molecule has 12 heteroatoms. The van der Waals surface area contributed by atoms with E-state index in [0.717, 1.165) is 10.8 Å². The molecule has 0 bridgehead atoms. The van der Waals surface area contributed by atoms with Crippen LogP contribution in [0.4, 0.5) is 5.69 Å². The SMILES string of the molecule is [N-]=[N+]=Nc1cn([C@@H]2C[C@@H](N=[N+]=[N-])[C@H](CO)O2)c(=O)[nH]c1=O. The number of nitrogens with one attached hydrogen (secondary N) is 1. The fourth-order valence-corrected chi connectivity index (χ4v) is 2.05. The second kappa shape index (κ2) is 6.11. The summed E-state index contributed by atoms with van der Waals surface area (Å²) in [5.41, 5.74) is 14.9. The Labute approximate surface area is 115 Å². The van der Waals surface area contributed by atoms with Crippen LogP contribution in [0.15, 0.2) is 26.0 Å². The first-order chi connectivity index (χ1) is 10.1. The number of hydrogen-bond donors (Lipinski definition) is 2. The average molecular weight is 294 g/mol. The highest BCUT2D eigenvalue weighted by Gasteiger charge is 2.35. The zero-order valence-electron chi connectivity index (χ0n) is 10.5. The molecule has 1 saturated heterocycles. The van der Waals surface area contributed by atoms with Crippen LogP contribution in [0.25, 0.3) is 20.9 Å². The Morgan fingerprint density at radius 2 is 2.24 bits per heavy atom. The second-order valence-corrected chi connectivity index (χ2v) is 4.19. The molecule has 1 fully saturated rings. The van der Waals surface area contributed by atoms with Crippen LogP contribution in [-0.2, 0) is 4.74 Å². The van der Waals surface area contributed by atoms with E-state index >= 15 is 0 Å². The predicted octanol–water partition coefficient (Wildman–Crippen LogP) is 0.437. The summed E-state index contributed by atoms with van der Waals surface area (Å²) in [6.45, 7) is -0.387. The number of aromatic amines is 1. The largest absolute Gasteiger partial charge is 0.394 e. The molecular formula is C9H10N8O4. The molecule has 12 nitrogen and oxygen atoms in total. The first-order valence-electron chi connectivity index (χ1n) is 5.81. The van der Waals surface area contributed by atoms with Gasteiger partial charge in [-0.3, -0.25) is 14.3 Å². The van der Waals surface area contributed by atoms with E-state index in [4.69, 9.17) is 20.9 Å². The molecule has 0 saturated carbocycles. The van der Waals surface area contributed by atoms with E-state index in [0.29, 0.717) is 0 Å². The smallest absolute Gasteiger partial charge is 0.330 e. The third-order valence-electron chi connectivity index (χ3n) is 3.00. The minimum absolute atomic E-state index is 0.136. The molecule has 2 N–H and O–H groups in total. The Hall–Kier alpha value is -2.78. The number of rotatable bonds is 4. The van der Waals surface area contributed by atoms with Crippen molar-refractivity contribution in [2.24, 2.45) is 10.2 Å². The number of aliphatic hydroxyl groups is 1. The zero-order valence-corrected chi connectivity index (χ0v) is 10.5. The Morgan fingerprint density at radius 3 is 2.86 bits per heavy atom. The third kappa shape index (κ3) is 2.88. The fraction of sp³-hybridized carbons (Fsp3) is 0.556. The Bertz CT molecular complexity index is 741. The Morgan fingerprint density at radius 1 is 1.48 bits per heavy atom. The van der Waals surface area contributed by atoms with E-state index in [-0.39, 0.29) is 18.7 Å². The number of hydrogen-bond acceptors (Lipinski definition) is 6. The van der Waals surface area contributed by atoms with Crippen molar-refractivity contribution in [2.75, 3.05) is 6.61 Å². The molecule has 110 valence electrons. The van der Waals surface area contributed by atoms with E-state index in [9.17, 15) is 9.59 Å². The van der Waals surface area contributed by atoms with Crippen molar-refractivity contribution in [1.29, 1.82) is 0 Å². The van der Waals surface area contributed by atoms with Crippen molar-refractivity contribution in [1.82, 2.24) is 9.55 Å². The van der Waals surface area contributed by atoms with E-state index < -0.39 is 29.6 Å². The highest BCUT2D eigenvalue weighted by atomic mass is 16.5. The summed E-state index contributed by atoms with van der Waals surface area (Å²) >= 11 is 0. The van der Waals surface area contributed by atoms with E-state index in [1.54, 1.807) is 0 Å².